The fourth-order valence-corrected chi connectivity index (χ4v) is 5.93. The van der Waals surface area contributed by atoms with E-state index in [4.69, 9.17) is 18.9 Å². The van der Waals surface area contributed by atoms with Crippen molar-refractivity contribution in [3.63, 3.8) is 0 Å². The molecule has 1 aliphatic carbocycles. The lowest BCUT2D eigenvalue weighted by atomic mass is 9.95. The average Bonchev–Trinajstić information content (AvgIpc) is 3.55. The Morgan fingerprint density at radius 2 is 2.05 bits per heavy atom. The number of β-amino-alcohol motifs (C(OH)–C–C–N with tert-alkyl or cyclic N) is 1. The Hall–Kier alpha value is -3.56. The molecule has 3 unspecified atom stereocenters. The highest BCUT2D eigenvalue weighted by Gasteiger charge is 2.54. The molecule has 2 N–H and O–H groups in total. The van der Waals surface area contributed by atoms with E-state index >= 15 is 0 Å². The zero-order chi connectivity index (χ0) is 27.1. The molecule has 2 fully saturated rings. The molecule has 2 aliphatic heterocycles. The number of aliphatic hydroxyl groups is 1. The number of methoxy groups -OCH3 is 1. The molecule has 1 spiro atoms. The van der Waals surface area contributed by atoms with Crippen molar-refractivity contribution < 1.29 is 28.8 Å². The normalized spacial score (nSPS) is 22.9. The molecule has 0 radical (unpaired) electrons. The number of amides is 1. The second-order valence-corrected chi connectivity index (χ2v) is 10.9. The van der Waals surface area contributed by atoms with Crippen LogP contribution in [0.25, 0.3) is 10.9 Å². The molecular formula is C30H35N3O6. The zero-order valence-corrected chi connectivity index (χ0v) is 22.6. The lowest BCUT2D eigenvalue weighted by Crippen LogP contribution is -2.31. The van der Waals surface area contributed by atoms with Gasteiger partial charge in [0.2, 0.25) is 5.91 Å². The minimum absolute atomic E-state index is 0.0679. The fraction of sp³-hybridized carbons (Fsp3) is 0.467. The predicted molar refractivity (Wildman–Crippen MR) is 146 cm³/mol. The van der Waals surface area contributed by atoms with Crippen molar-refractivity contribution in [3.8, 4) is 28.7 Å². The Morgan fingerprint density at radius 1 is 1.21 bits per heavy atom. The number of nitrogens with zero attached hydrogens (tertiary/aromatic N) is 2. The number of carbonyl (C=O) groups is 1. The number of likely N-dealkylation sites (N-methyl/N-ethyl adjacent to an activating group) is 1. The van der Waals surface area contributed by atoms with Crippen molar-refractivity contribution in [2.24, 2.45) is 5.41 Å². The van der Waals surface area contributed by atoms with E-state index in [2.05, 4.69) is 15.2 Å². The van der Waals surface area contributed by atoms with Gasteiger partial charge in [-0.3, -0.25) is 14.7 Å². The molecule has 206 valence electrons. The standard InChI is InChI=1S/C30H35N3O6/c1-18-28(29(35)31-2)20-6-5-19(13-24(20)38-18)39-23-7-10-32-22-15-26(25(36-3)14-21(22)23)37-12-4-11-33-16-27(34)30(17-33)8-9-30/h5-7,10,13-15,18,27-28,34H,4,8-9,11-12,16-17H2,1-3H3,(H,31,35). The third kappa shape index (κ3) is 4.85. The molecule has 9 nitrogen and oxygen atoms in total. The first-order valence-corrected chi connectivity index (χ1v) is 13.6. The SMILES string of the molecule is CNC(=O)C1c2ccc(Oc3ccnc4cc(OCCCN5CC(O)C6(CC6)C5)c(OC)cc34)cc2OC1C. The van der Waals surface area contributed by atoms with Crippen LogP contribution < -0.4 is 24.3 Å². The number of likely N-dealkylation sites (tertiary alicyclic amines) is 1. The van der Waals surface area contributed by atoms with E-state index < -0.39 is 0 Å². The number of fused-ring (bicyclic) bond motifs is 2. The van der Waals surface area contributed by atoms with Crippen LogP contribution in [-0.4, -0.2) is 73.5 Å². The molecule has 3 aromatic rings. The van der Waals surface area contributed by atoms with Gasteiger partial charge in [-0.15, -0.1) is 0 Å². The van der Waals surface area contributed by atoms with Crippen molar-refractivity contribution in [1.29, 1.82) is 0 Å². The van der Waals surface area contributed by atoms with Gasteiger partial charge in [-0.1, -0.05) is 6.07 Å². The second kappa shape index (κ2) is 10.2. The average molecular weight is 534 g/mol. The maximum absolute atomic E-state index is 12.3. The molecule has 9 heteroatoms. The lowest BCUT2D eigenvalue weighted by molar-refractivity contribution is -0.123. The van der Waals surface area contributed by atoms with Gasteiger partial charge >= 0.3 is 0 Å². The summed E-state index contributed by atoms with van der Waals surface area (Å²) in [6, 6.07) is 11.1. The van der Waals surface area contributed by atoms with Crippen molar-refractivity contribution in [2.75, 3.05) is 40.4 Å². The predicted octanol–water partition coefficient (Wildman–Crippen LogP) is 3.87. The molecule has 1 amide bonds. The number of carbonyl (C=O) groups excluding carboxylic acids is 1. The molecule has 1 saturated heterocycles. The Bertz CT molecular complexity index is 1390. The number of hydrogen-bond acceptors (Lipinski definition) is 8. The highest BCUT2D eigenvalue weighted by atomic mass is 16.5. The highest BCUT2D eigenvalue weighted by molar-refractivity contribution is 5.88. The van der Waals surface area contributed by atoms with E-state index in [-0.39, 0.29) is 29.4 Å². The maximum atomic E-state index is 12.3. The number of aliphatic hydroxyl groups excluding tert-OH is 1. The number of hydrogen-bond donors (Lipinski definition) is 2. The number of aromatic nitrogens is 1. The van der Waals surface area contributed by atoms with Gasteiger partial charge in [0, 0.05) is 61.4 Å². The van der Waals surface area contributed by atoms with Crippen molar-refractivity contribution >= 4 is 16.8 Å². The second-order valence-electron chi connectivity index (χ2n) is 10.9. The summed E-state index contributed by atoms with van der Waals surface area (Å²) in [6.07, 6.45) is 4.41. The number of ether oxygens (including phenoxy) is 4. The quantitative estimate of drug-likeness (QED) is 0.400. The Morgan fingerprint density at radius 3 is 2.79 bits per heavy atom. The van der Waals surface area contributed by atoms with Crippen molar-refractivity contribution in [1.82, 2.24) is 15.2 Å². The molecular weight excluding hydrogens is 498 g/mol. The smallest absolute Gasteiger partial charge is 0.231 e. The molecule has 39 heavy (non-hydrogen) atoms. The van der Waals surface area contributed by atoms with Crippen LogP contribution in [0.5, 0.6) is 28.7 Å². The monoisotopic (exact) mass is 533 g/mol. The molecule has 3 atom stereocenters. The first-order valence-electron chi connectivity index (χ1n) is 13.6. The minimum atomic E-state index is -0.347. The Kier molecular flexibility index (Phi) is 6.72. The summed E-state index contributed by atoms with van der Waals surface area (Å²) in [6.45, 7) is 5.09. The minimum Gasteiger partial charge on any atom is -0.493 e. The Balaban J connectivity index is 1.15. The molecule has 1 saturated carbocycles. The number of rotatable bonds is 9. The fourth-order valence-electron chi connectivity index (χ4n) is 5.93. The lowest BCUT2D eigenvalue weighted by Gasteiger charge is -2.17. The third-order valence-electron chi connectivity index (χ3n) is 8.29. The summed E-state index contributed by atoms with van der Waals surface area (Å²) in [5.74, 6) is 2.70. The van der Waals surface area contributed by atoms with Crippen LogP contribution in [0.4, 0.5) is 0 Å². The van der Waals surface area contributed by atoms with Crippen LogP contribution in [0.15, 0.2) is 42.6 Å². The largest absolute Gasteiger partial charge is 0.493 e. The van der Waals surface area contributed by atoms with E-state index in [1.807, 2.05) is 43.3 Å². The van der Waals surface area contributed by atoms with Crippen LogP contribution in [0.1, 0.15) is 37.7 Å². The summed E-state index contributed by atoms with van der Waals surface area (Å²) in [5.41, 5.74) is 1.75. The van der Waals surface area contributed by atoms with E-state index in [0.717, 1.165) is 55.4 Å². The van der Waals surface area contributed by atoms with E-state index in [9.17, 15) is 9.90 Å². The first kappa shape index (κ1) is 25.7. The topological polar surface area (TPSA) is 102 Å². The molecule has 3 aliphatic rings. The maximum Gasteiger partial charge on any atom is 0.231 e. The highest BCUT2D eigenvalue weighted by Crippen LogP contribution is 2.52. The number of nitrogens with one attached hydrogen (secondary N) is 1. The third-order valence-corrected chi connectivity index (χ3v) is 8.29. The first-order chi connectivity index (χ1) is 18.9. The summed E-state index contributed by atoms with van der Waals surface area (Å²) in [5, 5.41) is 13.8. The van der Waals surface area contributed by atoms with Gasteiger partial charge in [-0.25, -0.2) is 0 Å². The Labute approximate surface area is 228 Å². The van der Waals surface area contributed by atoms with Crippen LogP contribution in [-0.2, 0) is 4.79 Å². The van der Waals surface area contributed by atoms with E-state index in [1.165, 1.54) is 0 Å². The van der Waals surface area contributed by atoms with Gasteiger partial charge in [0.05, 0.1) is 25.3 Å². The van der Waals surface area contributed by atoms with E-state index in [1.54, 1.807) is 20.4 Å². The number of benzene rings is 2. The molecule has 0 bridgehead atoms. The summed E-state index contributed by atoms with van der Waals surface area (Å²) in [4.78, 5) is 19.2. The van der Waals surface area contributed by atoms with Gasteiger partial charge in [0.1, 0.15) is 29.3 Å². The van der Waals surface area contributed by atoms with Crippen molar-refractivity contribution in [2.45, 2.75) is 44.3 Å². The van der Waals surface area contributed by atoms with E-state index in [0.29, 0.717) is 35.4 Å². The molecule has 3 heterocycles. The molecule has 2 aromatic carbocycles. The van der Waals surface area contributed by atoms with Crippen LogP contribution in [0, 0.1) is 5.41 Å². The van der Waals surface area contributed by atoms with Gasteiger partial charge in [0.25, 0.3) is 0 Å². The zero-order valence-electron chi connectivity index (χ0n) is 22.6. The van der Waals surface area contributed by atoms with Crippen LogP contribution in [0.3, 0.4) is 0 Å². The summed E-state index contributed by atoms with van der Waals surface area (Å²) >= 11 is 0. The van der Waals surface area contributed by atoms with Gasteiger partial charge < -0.3 is 29.4 Å². The van der Waals surface area contributed by atoms with Gasteiger partial charge in [-0.2, -0.15) is 0 Å². The van der Waals surface area contributed by atoms with Gasteiger partial charge in [-0.05, 0) is 44.4 Å². The van der Waals surface area contributed by atoms with Crippen molar-refractivity contribution in [3.05, 3.63) is 48.2 Å². The molecule has 1 aromatic heterocycles. The summed E-state index contributed by atoms with van der Waals surface area (Å²) in [7, 11) is 3.25. The van der Waals surface area contributed by atoms with Gasteiger partial charge in [0.15, 0.2) is 11.5 Å². The molecule has 6 rings (SSSR count). The van der Waals surface area contributed by atoms with Crippen LogP contribution in [0.2, 0.25) is 0 Å². The number of pyridine rings is 1. The summed E-state index contributed by atoms with van der Waals surface area (Å²) < 4.78 is 24.0. The van der Waals surface area contributed by atoms with Crippen LogP contribution >= 0.6 is 0 Å².